The summed E-state index contributed by atoms with van der Waals surface area (Å²) in [5.41, 5.74) is 6.41. The first-order valence-electron chi connectivity index (χ1n) is 6.86. The van der Waals surface area contributed by atoms with Crippen molar-refractivity contribution in [1.29, 1.82) is 0 Å². The zero-order valence-corrected chi connectivity index (χ0v) is 12.8. The maximum Gasteiger partial charge on any atom is 0.131 e. The maximum absolute atomic E-state index is 6.15. The summed E-state index contributed by atoms with van der Waals surface area (Å²) < 4.78 is 6.11. The second-order valence-corrected chi connectivity index (χ2v) is 6.00. The van der Waals surface area contributed by atoms with E-state index in [4.69, 9.17) is 34.3 Å². The molecule has 0 saturated heterocycles. The zero-order valence-electron chi connectivity index (χ0n) is 11.2. The minimum Gasteiger partial charge on any atom is -0.490 e. The summed E-state index contributed by atoms with van der Waals surface area (Å²) >= 11 is 11.2. The van der Waals surface area contributed by atoms with Crippen LogP contribution in [-0.2, 0) is 0 Å². The lowest BCUT2D eigenvalue weighted by Crippen LogP contribution is -2.26. The minimum absolute atomic E-state index is 0.255. The van der Waals surface area contributed by atoms with E-state index in [-0.39, 0.29) is 6.10 Å². The SMILES string of the molecule is CCC1CCCC(Oc2cccc(Cl)c2C(N)=S)C1. The largest absolute Gasteiger partial charge is 0.490 e. The summed E-state index contributed by atoms with van der Waals surface area (Å²) in [6, 6.07) is 5.56. The van der Waals surface area contributed by atoms with E-state index >= 15 is 0 Å². The second-order valence-electron chi connectivity index (χ2n) is 5.16. The van der Waals surface area contributed by atoms with Gasteiger partial charge in [0.1, 0.15) is 10.7 Å². The van der Waals surface area contributed by atoms with E-state index in [0.717, 1.165) is 24.5 Å². The lowest BCUT2D eigenvalue weighted by molar-refractivity contribution is 0.122. The highest BCUT2D eigenvalue weighted by molar-refractivity contribution is 7.80. The Labute approximate surface area is 125 Å². The molecule has 2 N–H and O–H groups in total. The van der Waals surface area contributed by atoms with Crippen molar-refractivity contribution in [3.63, 3.8) is 0 Å². The van der Waals surface area contributed by atoms with Crippen molar-refractivity contribution in [1.82, 2.24) is 0 Å². The molecule has 0 radical (unpaired) electrons. The van der Waals surface area contributed by atoms with Gasteiger partial charge in [-0.05, 0) is 37.3 Å². The monoisotopic (exact) mass is 297 g/mol. The van der Waals surface area contributed by atoms with E-state index in [9.17, 15) is 0 Å². The molecule has 1 aromatic rings. The first-order valence-corrected chi connectivity index (χ1v) is 7.65. The van der Waals surface area contributed by atoms with Crippen molar-refractivity contribution in [3.05, 3.63) is 28.8 Å². The van der Waals surface area contributed by atoms with Crippen LogP contribution in [0.3, 0.4) is 0 Å². The summed E-state index contributed by atoms with van der Waals surface area (Å²) in [4.78, 5) is 0.295. The van der Waals surface area contributed by atoms with E-state index in [0.29, 0.717) is 15.6 Å². The van der Waals surface area contributed by atoms with Crippen molar-refractivity contribution in [2.24, 2.45) is 11.7 Å². The molecule has 0 spiro atoms. The molecule has 2 rings (SSSR count). The zero-order chi connectivity index (χ0) is 13.8. The van der Waals surface area contributed by atoms with E-state index < -0.39 is 0 Å². The first-order chi connectivity index (χ1) is 9.11. The van der Waals surface area contributed by atoms with Gasteiger partial charge in [-0.1, -0.05) is 49.7 Å². The lowest BCUT2D eigenvalue weighted by Gasteiger charge is -2.29. The molecule has 0 bridgehead atoms. The fourth-order valence-corrected chi connectivity index (χ4v) is 3.27. The van der Waals surface area contributed by atoms with Crippen LogP contribution in [0.5, 0.6) is 5.75 Å². The summed E-state index contributed by atoms with van der Waals surface area (Å²) in [5, 5.41) is 0.563. The van der Waals surface area contributed by atoms with Gasteiger partial charge in [0.05, 0.1) is 16.7 Å². The number of hydrogen-bond donors (Lipinski definition) is 1. The van der Waals surface area contributed by atoms with Crippen LogP contribution in [0.25, 0.3) is 0 Å². The molecule has 1 fully saturated rings. The Kier molecular flexibility index (Phi) is 5.06. The van der Waals surface area contributed by atoms with E-state index in [1.807, 2.05) is 12.1 Å². The van der Waals surface area contributed by atoms with Crippen molar-refractivity contribution >= 4 is 28.8 Å². The van der Waals surface area contributed by atoms with Gasteiger partial charge in [0.15, 0.2) is 0 Å². The molecule has 104 valence electrons. The topological polar surface area (TPSA) is 35.2 Å². The van der Waals surface area contributed by atoms with Gasteiger partial charge in [-0.15, -0.1) is 0 Å². The normalized spacial score (nSPS) is 23.1. The number of ether oxygens (including phenoxy) is 1. The van der Waals surface area contributed by atoms with Gasteiger partial charge in [-0.3, -0.25) is 0 Å². The molecule has 1 aliphatic rings. The van der Waals surface area contributed by atoms with Crippen LogP contribution >= 0.6 is 23.8 Å². The van der Waals surface area contributed by atoms with Crippen LogP contribution in [0, 0.1) is 5.92 Å². The summed E-state index contributed by atoms with van der Waals surface area (Å²) in [7, 11) is 0. The number of rotatable bonds is 4. The average molecular weight is 298 g/mol. The second kappa shape index (κ2) is 6.58. The molecule has 4 heteroatoms. The molecular formula is C15H20ClNOS. The van der Waals surface area contributed by atoms with Crippen molar-refractivity contribution in [3.8, 4) is 5.75 Å². The summed E-state index contributed by atoms with van der Waals surface area (Å²) in [6.45, 7) is 2.24. The molecule has 2 unspecified atom stereocenters. The van der Waals surface area contributed by atoms with Crippen LogP contribution in [0.15, 0.2) is 18.2 Å². The minimum atomic E-state index is 0.255. The Morgan fingerprint density at radius 2 is 2.26 bits per heavy atom. The molecular weight excluding hydrogens is 278 g/mol. The number of hydrogen-bond acceptors (Lipinski definition) is 2. The fourth-order valence-electron chi connectivity index (χ4n) is 2.74. The third kappa shape index (κ3) is 3.61. The highest BCUT2D eigenvalue weighted by Crippen LogP contribution is 2.32. The van der Waals surface area contributed by atoms with Gasteiger partial charge >= 0.3 is 0 Å². The summed E-state index contributed by atoms with van der Waals surface area (Å²) in [6.07, 6.45) is 6.22. The molecule has 1 aromatic carbocycles. The van der Waals surface area contributed by atoms with Crippen LogP contribution in [0.2, 0.25) is 5.02 Å². The number of thiocarbonyl (C=S) groups is 1. The fraction of sp³-hybridized carbons (Fsp3) is 0.533. The molecule has 0 aromatic heterocycles. The Balaban J connectivity index is 2.14. The van der Waals surface area contributed by atoms with Gasteiger partial charge in [0, 0.05) is 0 Å². The third-order valence-corrected chi connectivity index (χ3v) is 4.35. The Morgan fingerprint density at radius 1 is 1.47 bits per heavy atom. The number of halogens is 1. The van der Waals surface area contributed by atoms with Crippen LogP contribution in [-0.4, -0.2) is 11.1 Å². The van der Waals surface area contributed by atoms with Crippen LogP contribution in [0.1, 0.15) is 44.6 Å². The Hall–Kier alpha value is -0.800. The molecule has 2 nitrogen and oxygen atoms in total. The predicted octanol–water partition coefficient (Wildman–Crippen LogP) is 4.32. The number of nitrogens with two attached hydrogens (primary N) is 1. The lowest BCUT2D eigenvalue weighted by atomic mass is 9.85. The summed E-state index contributed by atoms with van der Waals surface area (Å²) in [5.74, 6) is 1.49. The highest BCUT2D eigenvalue weighted by Gasteiger charge is 2.23. The van der Waals surface area contributed by atoms with E-state index in [1.54, 1.807) is 6.07 Å². The van der Waals surface area contributed by atoms with E-state index in [1.165, 1.54) is 19.3 Å². The van der Waals surface area contributed by atoms with Crippen LogP contribution < -0.4 is 10.5 Å². The quantitative estimate of drug-likeness (QED) is 0.841. The Bertz CT molecular complexity index is 463. The van der Waals surface area contributed by atoms with Gasteiger partial charge in [0.2, 0.25) is 0 Å². The maximum atomic E-state index is 6.15. The van der Waals surface area contributed by atoms with Crippen molar-refractivity contribution in [2.75, 3.05) is 0 Å². The van der Waals surface area contributed by atoms with Crippen LogP contribution in [0.4, 0.5) is 0 Å². The van der Waals surface area contributed by atoms with Crippen molar-refractivity contribution in [2.45, 2.75) is 45.1 Å². The third-order valence-electron chi connectivity index (χ3n) is 3.83. The molecule has 2 atom stereocenters. The van der Waals surface area contributed by atoms with Gasteiger partial charge in [-0.2, -0.15) is 0 Å². The van der Waals surface area contributed by atoms with Gasteiger partial charge < -0.3 is 10.5 Å². The molecule has 0 amide bonds. The molecule has 0 aliphatic heterocycles. The molecule has 1 aliphatic carbocycles. The molecule has 0 heterocycles. The van der Waals surface area contributed by atoms with Gasteiger partial charge in [-0.25, -0.2) is 0 Å². The smallest absolute Gasteiger partial charge is 0.131 e. The Morgan fingerprint density at radius 3 is 2.95 bits per heavy atom. The van der Waals surface area contributed by atoms with E-state index in [2.05, 4.69) is 6.92 Å². The highest BCUT2D eigenvalue weighted by atomic mass is 35.5. The van der Waals surface area contributed by atoms with Gasteiger partial charge in [0.25, 0.3) is 0 Å². The number of benzene rings is 1. The predicted molar refractivity (Wildman–Crippen MR) is 84.0 cm³/mol. The standard InChI is InChI=1S/C15H20ClNOS/c1-2-10-5-3-6-11(9-10)18-13-8-4-7-12(16)14(13)15(17)19/h4,7-8,10-11H,2-3,5-6,9H2,1H3,(H2,17,19). The first kappa shape index (κ1) is 14.6. The molecule has 19 heavy (non-hydrogen) atoms. The van der Waals surface area contributed by atoms with Crippen molar-refractivity contribution < 1.29 is 4.74 Å². The average Bonchev–Trinajstić information content (AvgIpc) is 2.38. The molecule has 1 saturated carbocycles.